The Kier molecular flexibility index (Phi) is 5.40. The second kappa shape index (κ2) is 5.21. The standard InChI is InChI=1S/C4H10GeN/c5-3-1-2-4-6/h4,6H,1-3,5H2. The van der Waals surface area contributed by atoms with Gasteiger partial charge >= 0.3 is 46.2 Å². The third-order valence-corrected chi connectivity index (χ3v) is 1.65. The molecule has 0 aromatic heterocycles. The summed E-state index contributed by atoms with van der Waals surface area (Å²) in [6.45, 7) is 0. The number of hydrogen-bond acceptors (Lipinski definition) is 1. The van der Waals surface area contributed by atoms with E-state index in [-0.39, 0.29) is 0 Å². The van der Waals surface area contributed by atoms with E-state index in [1.807, 2.05) is 0 Å². The van der Waals surface area contributed by atoms with Crippen LogP contribution in [0.5, 0.6) is 0 Å². The fourth-order valence-electron chi connectivity index (χ4n) is 0.246. The van der Waals surface area contributed by atoms with Gasteiger partial charge in [-0.2, -0.15) is 0 Å². The zero-order chi connectivity index (χ0) is 4.83. The summed E-state index contributed by atoms with van der Waals surface area (Å²) in [5.74, 6) is 0. The van der Waals surface area contributed by atoms with Gasteiger partial charge < -0.3 is 0 Å². The van der Waals surface area contributed by atoms with E-state index in [9.17, 15) is 0 Å². The molecule has 0 saturated heterocycles. The molecule has 0 atom stereocenters. The molecule has 0 amide bonds. The van der Waals surface area contributed by atoms with Crippen molar-refractivity contribution in [1.82, 2.24) is 0 Å². The molecule has 0 rings (SSSR count). The van der Waals surface area contributed by atoms with E-state index in [2.05, 4.69) is 0 Å². The van der Waals surface area contributed by atoms with Crippen molar-refractivity contribution in [3.8, 4) is 0 Å². The minimum atomic E-state index is 0.986. The molecule has 0 spiro atoms. The van der Waals surface area contributed by atoms with Crippen LogP contribution in [0.15, 0.2) is 0 Å². The predicted octanol–water partition coefficient (Wildman–Crippen LogP) is 0.468. The van der Waals surface area contributed by atoms with Gasteiger partial charge in [-0.3, -0.25) is 0 Å². The van der Waals surface area contributed by atoms with E-state index in [0.717, 1.165) is 6.42 Å². The van der Waals surface area contributed by atoms with Crippen molar-refractivity contribution in [1.29, 1.82) is 5.41 Å². The van der Waals surface area contributed by atoms with Crippen LogP contribution in [0.2, 0.25) is 5.25 Å². The first-order valence-electron chi connectivity index (χ1n) is 2.20. The van der Waals surface area contributed by atoms with Crippen LogP contribution in [-0.4, -0.2) is 22.7 Å². The maximum absolute atomic E-state index is 6.59. The summed E-state index contributed by atoms with van der Waals surface area (Å²) in [4.78, 5) is 0. The second-order valence-corrected chi connectivity index (χ2v) is 2.68. The van der Waals surface area contributed by atoms with E-state index in [4.69, 9.17) is 5.41 Å². The molecule has 35 valence electrons. The van der Waals surface area contributed by atoms with Gasteiger partial charge in [0.2, 0.25) is 0 Å². The topological polar surface area (TPSA) is 23.9 Å². The monoisotopic (exact) mass is 146 g/mol. The van der Waals surface area contributed by atoms with Crippen molar-refractivity contribution >= 4 is 22.7 Å². The molecule has 0 unspecified atom stereocenters. The minimum absolute atomic E-state index is 0.986. The van der Waals surface area contributed by atoms with Crippen molar-refractivity contribution in [2.75, 3.05) is 0 Å². The molecule has 0 aliphatic rings. The van der Waals surface area contributed by atoms with E-state index >= 15 is 0 Å². The first-order chi connectivity index (χ1) is 2.91. The quantitative estimate of drug-likeness (QED) is 0.339. The summed E-state index contributed by atoms with van der Waals surface area (Å²) in [5, 5.41) is 7.92. The number of unbranched alkanes of at least 4 members (excludes halogenated alkanes) is 1. The molecule has 2 heteroatoms. The molecule has 0 aromatic carbocycles. The fraction of sp³-hybridized carbons (Fsp3) is 0.750. The van der Waals surface area contributed by atoms with Crippen molar-refractivity contribution in [2.45, 2.75) is 18.1 Å². The van der Waals surface area contributed by atoms with Gasteiger partial charge in [-0.15, -0.1) is 0 Å². The van der Waals surface area contributed by atoms with Gasteiger partial charge in [-0.25, -0.2) is 0 Å². The van der Waals surface area contributed by atoms with Gasteiger partial charge in [0, 0.05) is 0 Å². The Morgan fingerprint density at radius 2 is 2.33 bits per heavy atom. The average Bonchev–Trinajstić information content (AvgIpc) is 1.61. The van der Waals surface area contributed by atoms with E-state index < -0.39 is 0 Å². The third-order valence-electron chi connectivity index (χ3n) is 0.598. The molecular weight excluding hydrogens is 135 g/mol. The number of rotatable bonds is 3. The Hall–Kier alpha value is 0.213. The van der Waals surface area contributed by atoms with Crippen LogP contribution < -0.4 is 0 Å². The molecule has 0 aliphatic carbocycles. The summed E-state index contributed by atoms with van der Waals surface area (Å²) < 4.78 is 0. The summed E-state index contributed by atoms with van der Waals surface area (Å²) >= 11 is 1.38. The molecule has 0 heterocycles. The van der Waals surface area contributed by atoms with Gasteiger partial charge in [-0.1, -0.05) is 0 Å². The van der Waals surface area contributed by atoms with Crippen molar-refractivity contribution in [3.63, 3.8) is 0 Å². The van der Waals surface area contributed by atoms with Crippen LogP contribution in [0.3, 0.4) is 0 Å². The number of hydrogen-bond donors (Lipinski definition) is 1. The zero-order valence-corrected chi connectivity index (χ0v) is 6.87. The summed E-state index contributed by atoms with van der Waals surface area (Å²) in [6.07, 6.45) is 3.69. The second-order valence-electron chi connectivity index (χ2n) is 1.20. The third kappa shape index (κ3) is 4.21. The van der Waals surface area contributed by atoms with E-state index in [0.29, 0.717) is 0 Å². The molecular formula is C4H10GeN. The summed E-state index contributed by atoms with van der Waals surface area (Å²) in [7, 11) is 0. The Morgan fingerprint density at radius 3 is 2.50 bits per heavy atom. The molecule has 0 saturated carbocycles. The van der Waals surface area contributed by atoms with E-state index in [1.165, 1.54) is 34.4 Å². The SMILES string of the molecule is N=CCC[CH2][GeH2]. The zero-order valence-electron chi connectivity index (χ0n) is 3.91. The predicted molar refractivity (Wildman–Crippen MR) is 31.4 cm³/mol. The first kappa shape index (κ1) is 6.21. The van der Waals surface area contributed by atoms with Gasteiger partial charge in [0.15, 0.2) is 0 Å². The molecule has 1 N–H and O–H groups in total. The summed E-state index contributed by atoms with van der Waals surface area (Å²) in [6, 6.07) is 0. The van der Waals surface area contributed by atoms with E-state index in [1.54, 1.807) is 0 Å². The van der Waals surface area contributed by atoms with Crippen LogP contribution >= 0.6 is 0 Å². The molecule has 0 fully saturated rings. The molecule has 0 aliphatic heterocycles. The van der Waals surface area contributed by atoms with Crippen molar-refractivity contribution < 1.29 is 0 Å². The molecule has 1 nitrogen and oxygen atoms in total. The van der Waals surface area contributed by atoms with Gasteiger partial charge in [-0.05, 0) is 0 Å². The van der Waals surface area contributed by atoms with Gasteiger partial charge in [0.05, 0.1) is 0 Å². The van der Waals surface area contributed by atoms with Crippen LogP contribution in [0.4, 0.5) is 0 Å². The van der Waals surface area contributed by atoms with Crippen LogP contribution in [0.25, 0.3) is 0 Å². The van der Waals surface area contributed by atoms with Crippen LogP contribution in [0.1, 0.15) is 12.8 Å². The van der Waals surface area contributed by atoms with Crippen molar-refractivity contribution in [3.05, 3.63) is 0 Å². The molecule has 0 aromatic rings. The van der Waals surface area contributed by atoms with Gasteiger partial charge in [0.25, 0.3) is 0 Å². The van der Waals surface area contributed by atoms with Crippen LogP contribution in [-0.2, 0) is 0 Å². The Bertz CT molecular complexity index is 36.5. The Labute approximate surface area is 46.9 Å². The molecule has 1 radical (unpaired) electrons. The number of nitrogens with one attached hydrogen (secondary N) is 1. The Morgan fingerprint density at radius 1 is 1.67 bits per heavy atom. The maximum atomic E-state index is 6.59. The van der Waals surface area contributed by atoms with Crippen molar-refractivity contribution in [2.24, 2.45) is 0 Å². The summed E-state index contributed by atoms with van der Waals surface area (Å²) in [5.41, 5.74) is 0. The van der Waals surface area contributed by atoms with Gasteiger partial charge in [0.1, 0.15) is 0 Å². The average molecular weight is 145 g/mol. The molecule has 6 heavy (non-hydrogen) atoms. The van der Waals surface area contributed by atoms with Crippen LogP contribution in [0, 0.1) is 5.41 Å². The Balaban J connectivity index is 2.49. The normalized spacial score (nSPS) is 8.17. The molecule has 0 bridgehead atoms. The first-order valence-corrected chi connectivity index (χ1v) is 4.29. The fourth-order valence-corrected chi connectivity index (χ4v) is 0.852.